The maximum Gasteiger partial charge on any atom is 0.296 e. The van der Waals surface area contributed by atoms with E-state index in [0.29, 0.717) is 46.5 Å². The molecular formula is C34H26N4O16S4. The molecule has 0 radical (unpaired) electrons. The first-order valence-corrected chi connectivity index (χ1v) is 21.6. The van der Waals surface area contributed by atoms with Crippen LogP contribution in [0.1, 0.15) is 43.0 Å². The molecule has 0 spiro atoms. The fraction of sp³-hybridized carbons (Fsp3) is 0.0588. The maximum absolute atomic E-state index is 13.3. The molecule has 0 aromatic heterocycles. The number of rotatable bonds is 9. The number of hydrogen-bond donors (Lipinski definition) is 8. The summed E-state index contributed by atoms with van der Waals surface area (Å²) in [6, 6.07) is 12.2. The van der Waals surface area contributed by atoms with Crippen molar-refractivity contribution >= 4 is 87.0 Å². The fourth-order valence-corrected chi connectivity index (χ4v) is 8.31. The lowest BCUT2D eigenvalue weighted by Crippen LogP contribution is -2.27. The third-order valence-corrected chi connectivity index (χ3v) is 12.1. The Labute approximate surface area is 328 Å². The molecule has 0 atom stereocenters. The van der Waals surface area contributed by atoms with E-state index in [1.807, 2.05) is 0 Å². The molecule has 0 aliphatic heterocycles. The molecule has 0 saturated heterocycles. The van der Waals surface area contributed by atoms with Gasteiger partial charge in [0.25, 0.3) is 40.5 Å². The fourth-order valence-electron chi connectivity index (χ4n) is 5.92. The highest BCUT2D eigenvalue weighted by Gasteiger charge is 2.37. The smallest absolute Gasteiger partial charge is 0.296 e. The number of Topliss-reactive ketones (excluding diaryl/α,β-unsaturated/α-hetero) is 2. The Bertz CT molecular complexity index is 2920. The largest absolute Gasteiger partial charge is 0.507 e. The standard InChI is InChI=1S/C34H26N4O16S4/c1-15-7-17(3-5-23(15)35-37-31-27(57(49,50)51)11-19-9-21(55(43,44)45)13-25(39)29(19)33(31)41)18-4-6-24(16(2)8-18)36-38-32-28(58(52,53)54)12-20-10-22(56(46,47)48)14-26(40)30(20)34(32)42/h3-14,35-36,39-40H,1-2H3,(H,43,44,45)(H,46,47,48)(H,49,50,51)(H,52,53,54). The van der Waals surface area contributed by atoms with Gasteiger partial charge in [-0.2, -0.15) is 43.9 Å². The number of allylic oxidation sites excluding steroid dienone is 2. The second kappa shape index (κ2) is 14.4. The summed E-state index contributed by atoms with van der Waals surface area (Å²) in [5.41, 5.74) is 4.19. The number of fused-ring (bicyclic) bond motifs is 2. The number of phenolic OH excluding ortho intramolecular Hbond substituents is 2. The summed E-state index contributed by atoms with van der Waals surface area (Å²) in [7, 11) is -20.1. The van der Waals surface area contributed by atoms with E-state index >= 15 is 0 Å². The zero-order valence-corrected chi connectivity index (χ0v) is 32.5. The van der Waals surface area contributed by atoms with Crippen LogP contribution in [0.3, 0.4) is 0 Å². The van der Waals surface area contributed by atoms with Crippen LogP contribution in [-0.2, 0) is 40.5 Å². The molecule has 0 unspecified atom stereocenters. The first kappa shape index (κ1) is 41.5. The molecule has 0 amide bonds. The van der Waals surface area contributed by atoms with Crippen molar-refractivity contribution in [1.29, 1.82) is 0 Å². The predicted molar refractivity (Wildman–Crippen MR) is 207 cm³/mol. The molecule has 6 rings (SSSR count). The van der Waals surface area contributed by atoms with Gasteiger partial charge in [-0.1, -0.05) is 12.1 Å². The molecule has 0 heterocycles. The number of ketones is 2. The number of phenols is 2. The monoisotopic (exact) mass is 874 g/mol. The number of carbonyl (C=O) groups excluding carboxylic acids is 2. The number of anilines is 2. The minimum Gasteiger partial charge on any atom is -0.507 e. The van der Waals surface area contributed by atoms with Gasteiger partial charge in [0.2, 0.25) is 11.6 Å². The molecule has 20 nitrogen and oxygen atoms in total. The first-order chi connectivity index (χ1) is 26.8. The van der Waals surface area contributed by atoms with Gasteiger partial charge >= 0.3 is 0 Å². The highest BCUT2D eigenvalue weighted by Crippen LogP contribution is 2.36. The number of nitrogens with one attached hydrogen (secondary N) is 2. The summed E-state index contributed by atoms with van der Waals surface area (Å²) >= 11 is 0. The zero-order valence-electron chi connectivity index (χ0n) is 29.2. The molecule has 0 bridgehead atoms. The SMILES string of the molecule is Cc1cc(-c2ccc(NN=C3C(=O)c4c(O)cc(S(=O)(=O)O)cc4C=C3S(=O)(=O)O)c(C)c2)ccc1NN=C1C(=O)c2c(O)cc(S(=O)(=O)O)cc2C=C1S(=O)(=O)O. The number of hydrazone groups is 2. The van der Waals surface area contributed by atoms with Gasteiger partial charge in [-0.15, -0.1) is 0 Å². The maximum atomic E-state index is 13.3. The highest BCUT2D eigenvalue weighted by atomic mass is 32.2. The topological polar surface area (TPSA) is 341 Å². The number of nitrogens with zero attached hydrogens (tertiary/aromatic N) is 2. The number of aryl methyl sites for hydroxylation is 2. The second-order valence-corrected chi connectivity index (χ2v) is 18.2. The summed E-state index contributed by atoms with van der Waals surface area (Å²) in [4.78, 5) is 22.9. The minimum atomic E-state index is -5.15. The van der Waals surface area contributed by atoms with Gasteiger partial charge in [-0.3, -0.25) is 38.7 Å². The normalized spacial score (nSPS) is 16.1. The van der Waals surface area contributed by atoms with E-state index in [2.05, 4.69) is 21.1 Å². The van der Waals surface area contributed by atoms with Crippen molar-refractivity contribution in [3.8, 4) is 22.6 Å². The third kappa shape index (κ3) is 8.02. The van der Waals surface area contributed by atoms with Gasteiger partial charge in [0, 0.05) is 12.1 Å². The second-order valence-electron chi connectivity index (χ2n) is 12.6. The molecule has 4 aromatic carbocycles. The Balaban J connectivity index is 1.27. The minimum absolute atomic E-state index is 0.253. The molecule has 302 valence electrons. The van der Waals surface area contributed by atoms with Crippen LogP contribution in [0.15, 0.2) is 90.5 Å². The summed E-state index contributed by atoms with van der Waals surface area (Å²) in [6.07, 6.45) is 1.41. The first-order valence-electron chi connectivity index (χ1n) is 15.8. The van der Waals surface area contributed by atoms with Crippen LogP contribution in [0.2, 0.25) is 0 Å². The molecule has 4 aromatic rings. The van der Waals surface area contributed by atoms with Crippen LogP contribution in [0, 0.1) is 13.8 Å². The average molecular weight is 875 g/mol. The van der Waals surface area contributed by atoms with E-state index in [4.69, 9.17) is 0 Å². The highest BCUT2D eigenvalue weighted by molar-refractivity contribution is 7.91. The van der Waals surface area contributed by atoms with E-state index in [0.717, 1.165) is 12.1 Å². The molecule has 2 aliphatic rings. The molecule has 24 heteroatoms. The Morgan fingerprint density at radius 2 is 0.845 bits per heavy atom. The summed E-state index contributed by atoms with van der Waals surface area (Å²) in [5, 5.41) is 28.5. The van der Waals surface area contributed by atoms with E-state index in [1.165, 1.54) is 12.1 Å². The number of benzene rings is 4. The average Bonchev–Trinajstić information content (AvgIpc) is 3.09. The van der Waals surface area contributed by atoms with Crippen LogP contribution >= 0.6 is 0 Å². The van der Waals surface area contributed by atoms with E-state index in [9.17, 15) is 71.7 Å². The van der Waals surface area contributed by atoms with E-state index in [1.54, 1.807) is 38.1 Å². The Morgan fingerprint density at radius 1 is 0.500 bits per heavy atom. The van der Waals surface area contributed by atoms with Crippen molar-refractivity contribution < 1.29 is 71.7 Å². The Kier molecular flexibility index (Phi) is 10.3. The lowest BCUT2D eigenvalue weighted by molar-refractivity contribution is 0.105. The van der Waals surface area contributed by atoms with Gasteiger partial charge in [0.15, 0.2) is 11.4 Å². The van der Waals surface area contributed by atoms with Crippen LogP contribution in [0.5, 0.6) is 11.5 Å². The summed E-state index contributed by atoms with van der Waals surface area (Å²) < 4.78 is 134. The van der Waals surface area contributed by atoms with Crippen molar-refractivity contribution in [2.45, 2.75) is 23.6 Å². The van der Waals surface area contributed by atoms with Crippen molar-refractivity contribution in [3.63, 3.8) is 0 Å². The van der Waals surface area contributed by atoms with Crippen LogP contribution in [0.4, 0.5) is 11.4 Å². The number of hydrogen-bond acceptors (Lipinski definition) is 16. The Hall–Kier alpha value is -6.12. The molecular weight excluding hydrogens is 849 g/mol. The molecule has 0 saturated carbocycles. The number of aromatic hydroxyl groups is 2. The van der Waals surface area contributed by atoms with Crippen molar-refractivity contribution in [3.05, 3.63) is 104 Å². The summed E-state index contributed by atoms with van der Waals surface area (Å²) in [6.45, 7) is 3.26. The van der Waals surface area contributed by atoms with Crippen molar-refractivity contribution in [2.75, 3.05) is 10.9 Å². The van der Waals surface area contributed by atoms with Gasteiger partial charge in [-0.05, 0) is 95.8 Å². The summed E-state index contributed by atoms with van der Waals surface area (Å²) in [5.74, 6) is -4.22. The lowest BCUT2D eigenvalue weighted by Gasteiger charge is -2.18. The van der Waals surface area contributed by atoms with Gasteiger partial charge < -0.3 is 10.2 Å². The van der Waals surface area contributed by atoms with E-state index in [-0.39, 0.29) is 11.4 Å². The zero-order chi connectivity index (χ0) is 42.9. The van der Waals surface area contributed by atoms with E-state index < -0.39 is 117 Å². The van der Waals surface area contributed by atoms with Crippen LogP contribution in [0.25, 0.3) is 23.3 Å². The Morgan fingerprint density at radius 3 is 1.14 bits per heavy atom. The molecule has 8 N–H and O–H groups in total. The molecule has 58 heavy (non-hydrogen) atoms. The van der Waals surface area contributed by atoms with Crippen LogP contribution in [-0.4, -0.2) is 85.1 Å². The van der Waals surface area contributed by atoms with Gasteiger partial charge in [-0.25, -0.2) is 0 Å². The molecule has 0 fully saturated rings. The quantitative estimate of drug-likeness (QED) is 0.0878. The van der Waals surface area contributed by atoms with Crippen molar-refractivity contribution in [2.24, 2.45) is 10.2 Å². The molecule has 2 aliphatic carbocycles. The number of carbonyl (C=O) groups is 2. The predicted octanol–water partition coefficient (Wildman–Crippen LogP) is 3.66. The van der Waals surface area contributed by atoms with Gasteiger partial charge in [0.1, 0.15) is 21.3 Å². The van der Waals surface area contributed by atoms with Crippen LogP contribution < -0.4 is 10.9 Å². The lowest BCUT2D eigenvalue weighted by atomic mass is 9.94. The van der Waals surface area contributed by atoms with Crippen molar-refractivity contribution in [1.82, 2.24) is 0 Å². The van der Waals surface area contributed by atoms with Gasteiger partial charge in [0.05, 0.1) is 32.3 Å². The third-order valence-electron chi connectivity index (χ3n) is 8.68.